The summed E-state index contributed by atoms with van der Waals surface area (Å²) in [5, 5.41) is 9.56. The topological polar surface area (TPSA) is 20.2 Å². The number of hydrogen-bond donors (Lipinski definition) is 1. The molecular weight excluding hydrogens is 136 g/mol. The predicted octanol–water partition coefficient (Wildman–Crippen LogP) is 2.34. The van der Waals surface area contributed by atoms with Crippen molar-refractivity contribution in [2.45, 2.75) is 51.0 Å². The summed E-state index contributed by atoms with van der Waals surface area (Å²) in [6.07, 6.45) is 9.30. The lowest BCUT2D eigenvalue weighted by Gasteiger charge is -2.29. The van der Waals surface area contributed by atoms with Crippen molar-refractivity contribution in [1.82, 2.24) is 0 Å². The van der Waals surface area contributed by atoms with Gasteiger partial charge in [-0.15, -0.1) is 0 Å². The molecule has 2 fully saturated rings. The Morgan fingerprint density at radius 3 is 2.18 bits per heavy atom. The summed E-state index contributed by atoms with van der Waals surface area (Å²) in [6.45, 7) is 0. The van der Waals surface area contributed by atoms with Gasteiger partial charge in [0, 0.05) is 0 Å². The summed E-state index contributed by atoms with van der Waals surface area (Å²) < 4.78 is 0. The molecule has 0 bridgehead atoms. The highest BCUT2D eigenvalue weighted by molar-refractivity contribution is 4.81. The van der Waals surface area contributed by atoms with E-state index in [4.69, 9.17) is 0 Å². The molecular formula is C10H18O. The molecule has 0 aromatic heterocycles. The first-order valence-corrected chi connectivity index (χ1v) is 5.04. The smallest absolute Gasteiger partial charge is 0.0568 e. The van der Waals surface area contributed by atoms with Crippen LogP contribution in [0.2, 0.25) is 0 Å². The van der Waals surface area contributed by atoms with Crippen molar-refractivity contribution in [2.24, 2.45) is 11.8 Å². The molecule has 0 saturated heterocycles. The minimum atomic E-state index is 0.0515. The van der Waals surface area contributed by atoms with Crippen molar-refractivity contribution < 1.29 is 5.11 Å². The maximum absolute atomic E-state index is 9.56. The second-order valence-corrected chi connectivity index (χ2v) is 4.29. The lowest BCUT2D eigenvalue weighted by Crippen LogP contribution is -2.20. The average molecular weight is 154 g/mol. The van der Waals surface area contributed by atoms with Gasteiger partial charge in [0.2, 0.25) is 0 Å². The average Bonchev–Trinajstić information content (AvgIpc) is 2.27. The van der Waals surface area contributed by atoms with E-state index in [0.717, 1.165) is 12.3 Å². The molecule has 2 saturated carbocycles. The number of rotatable bonds is 2. The molecule has 1 heteroatoms. The van der Waals surface area contributed by atoms with Crippen molar-refractivity contribution >= 4 is 0 Å². The van der Waals surface area contributed by atoms with E-state index in [2.05, 4.69) is 0 Å². The third kappa shape index (κ3) is 1.58. The van der Waals surface area contributed by atoms with Gasteiger partial charge in [-0.25, -0.2) is 0 Å². The fourth-order valence-electron chi connectivity index (χ4n) is 2.45. The lowest BCUT2D eigenvalue weighted by atomic mass is 9.78. The molecule has 11 heavy (non-hydrogen) atoms. The Morgan fingerprint density at radius 1 is 1.00 bits per heavy atom. The molecule has 0 radical (unpaired) electrons. The SMILES string of the molecule is OC1CCCC1CC1CCC1. The zero-order valence-electron chi connectivity index (χ0n) is 7.13. The second kappa shape index (κ2) is 3.14. The van der Waals surface area contributed by atoms with Gasteiger partial charge in [-0.1, -0.05) is 25.7 Å². The fourth-order valence-corrected chi connectivity index (χ4v) is 2.45. The highest BCUT2D eigenvalue weighted by Crippen LogP contribution is 2.38. The Bertz CT molecular complexity index is 129. The summed E-state index contributed by atoms with van der Waals surface area (Å²) in [5.41, 5.74) is 0. The zero-order valence-corrected chi connectivity index (χ0v) is 7.13. The van der Waals surface area contributed by atoms with Crippen LogP contribution in [0.15, 0.2) is 0 Å². The van der Waals surface area contributed by atoms with Crippen LogP contribution < -0.4 is 0 Å². The molecule has 0 heterocycles. The van der Waals surface area contributed by atoms with Gasteiger partial charge in [0.1, 0.15) is 0 Å². The molecule has 2 atom stereocenters. The zero-order chi connectivity index (χ0) is 7.68. The summed E-state index contributed by atoms with van der Waals surface area (Å²) in [4.78, 5) is 0. The van der Waals surface area contributed by atoms with Gasteiger partial charge in [0.05, 0.1) is 6.10 Å². The molecule has 64 valence electrons. The molecule has 0 aliphatic heterocycles. The van der Waals surface area contributed by atoms with Gasteiger partial charge in [-0.3, -0.25) is 0 Å². The number of aliphatic hydroxyl groups is 1. The minimum absolute atomic E-state index is 0.0515. The molecule has 0 amide bonds. The van der Waals surface area contributed by atoms with Crippen molar-refractivity contribution in [3.8, 4) is 0 Å². The molecule has 0 spiro atoms. The van der Waals surface area contributed by atoms with Crippen molar-refractivity contribution in [2.75, 3.05) is 0 Å². The van der Waals surface area contributed by atoms with Gasteiger partial charge in [-0.2, -0.15) is 0 Å². The van der Waals surface area contributed by atoms with Crippen LogP contribution in [-0.2, 0) is 0 Å². The summed E-state index contributed by atoms with van der Waals surface area (Å²) in [5.74, 6) is 1.65. The highest BCUT2D eigenvalue weighted by Gasteiger charge is 2.29. The lowest BCUT2D eigenvalue weighted by molar-refractivity contribution is 0.105. The molecule has 1 nitrogen and oxygen atoms in total. The second-order valence-electron chi connectivity index (χ2n) is 4.29. The molecule has 2 aliphatic carbocycles. The van der Waals surface area contributed by atoms with Crippen LogP contribution in [-0.4, -0.2) is 11.2 Å². The van der Waals surface area contributed by atoms with Gasteiger partial charge in [0.15, 0.2) is 0 Å². The van der Waals surface area contributed by atoms with Crippen molar-refractivity contribution in [3.05, 3.63) is 0 Å². The van der Waals surface area contributed by atoms with Crippen LogP contribution >= 0.6 is 0 Å². The van der Waals surface area contributed by atoms with E-state index >= 15 is 0 Å². The van der Waals surface area contributed by atoms with E-state index in [-0.39, 0.29) is 6.10 Å². The fraction of sp³-hybridized carbons (Fsp3) is 1.00. The van der Waals surface area contributed by atoms with E-state index in [9.17, 15) is 5.11 Å². The maximum atomic E-state index is 9.56. The van der Waals surface area contributed by atoms with Crippen LogP contribution in [0.25, 0.3) is 0 Å². The molecule has 2 aliphatic rings. The Labute approximate surface area is 68.8 Å². The standard InChI is InChI=1S/C10H18O/c11-10-6-2-5-9(10)7-8-3-1-4-8/h8-11H,1-7H2. The number of aliphatic hydroxyl groups excluding tert-OH is 1. The van der Waals surface area contributed by atoms with E-state index < -0.39 is 0 Å². The Hall–Kier alpha value is -0.0400. The van der Waals surface area contributed by atoms with Crippen molar-refractivity contribution in [3.63, 3.8) is 0 Å². The molecule has 0 aromatic carbocycles. The van der Waals surface area contributed by atoms with Crippen LogP contribution in [0.5, 0.6) is 0 Å². The Kier molecular flexibility index (Phi) is 2.17. The Balaban J connectivity index is 1.75. The minimum Gasteiger partial charge on any atom is -0.393 e. The quantitative estimate of drug-likeness (QED) is 0.647. The van der Waals surface area contributed by atoms with Crippen molar-refractivity contribution in [1.29, 1.82) is 0 Å². The monoisotopic (exact) mass is 154 g/mol. The van der Waals surface area contributed by atoms with E-state index in [1.54, 1.807) is 0 Å². The van der Waals surface area contributed by atoms with E-state index in [1.807, 2.05) is 0 Å². The summed E-state index contributed by atoms with van der Waals surface area (Å²) in [7, 11) is 0. The Morgan fingerprint density at radius 2 is 1.73 bits per heavy atom. The normalized spacial score (nSPS) is 39.0. The largest absolute Gasteiger partial charge is 0.393 e. The summed E-state index contributed by atoms with van der Waals surface area (Å²) >= 11 is 0. The number of hydrogen-bond acceptors (Lipinski definition) is 1. The van der Waals surface area contributed by atoms with Gasteiger partial charge in [0.25, 0.3) is 0 Å². The van der Waals surface area contributed by atoms with Crippen LogP contribution in [0.3, 0.4) is 0 Å². The third-order valence-electron chi connectivity index (χ3n) is 3.48. The highest BCUT2D eigenvalue weighted by atomic mass is 16.3. The maximum Gasteiger partial charge on any atom is 0.0568 e. The predicted molar refractivity (Wildman–Crippen MR) is 45.3 cm³/mol. The van der Waals surface area contributed by atoms with E-state index in [0.29, 0.717) is 5.92 Å². The van der Waals surface area contributed by atoms with Gasteiger partial charge >= 0.3 is 0 Å². The van der Waals surface area contributed by atoms with Crippen LogP contribution in [0.1, 0.15) is 44.9 Å². The molecule has 1 N–H and O–H groups in total. The van der Waals surface area contributed by atoms with E-state index in [1.165, 1.54) is 38.5 Å². The van der Waals surface area contributed by atoms with Crippen LogP contribution in [0.4, 0.5) is 0 Å². The summed E-state index contributed by atoms with van der Waals surface area (Å²) in [6, 6.07) is 0. The van der Waals surface area contributed by atoms with Gasteiger partial charge in [-0.05, 0) is 31.1 Å². The molecule has 2 unspecified atom stereocenters. The third-order valence-corrected chi connectivity index (χ3v) is 3.48. The first kappa shape index (κ1) is 7.60. The first-order chi connectivity index (χ1) is 5.36. The molecule has 2 rings (SSSR count). The van der Waals surface area contributed by atoms with Gasteiger partial charge < -0.3 is 5.11 Å². The molecule has 0 aromatic rings. The first-order valence-electron chi connectivity index (χ1n) is 5.04. The van der Waals surface area contributed by atoms with Crippen LogP contribution in [0, 0.1) is 11.8 Å².